The van der Waals surface area contributed by atoms with E-state index in [4.69, 9.17) is 15.3 Å². The van der Waals surface area contributed by atoms with Crippen LogP contribution in [0.25, 0.3) is 11.3 Å². The fourth-order valence-electron chi connectivity index (χ4n) is 1.97. The fraction of sp³-hybridized carbons (Fsp3) is 0.214. The van der Waals surface area contributed by atoms with Gasteiger partial charge in [-0.15, -0.1) is 0 Å². The minimum Gasteiger partial charge on any atom is -0.480 e. The Labute approximate surface area is 120 Å². The number of carbonyl (C=O) groups is 1. The van der Waals surface area contributed by atoms with Gasteiger partial charge in [-0.2, -0.15) is 0 Å². The average molecular weight is 290 g/mol. The zero-order valence-corrected chi connectivity index (χ0v) is 11.3. The molecule has 0 aliphatic heterocycles. The molecule has 1 aromatic heterocycles. The maximum Gasteiger partial charge on any atom is 0.320 e. The van der Waals surface area contributed by atoms with Gasteiger partial charge < -0.3 is 15.3 Å². The molecule has 0 radical (unpaired) electrons. The minimum atomic E-state index is -1.10. The second kappa shape index (κ2) is 5.76. The topological polar surface area (TPSA) is 120 Å². The van der Waals surface area contributed by atoms with Crippen LogP contribution >= 0.6 is 0 Å². The van der Waals surface area contributed by atoms with Crippen LogP contribution < -0.4 is 5.73 Å². The molecule has 0 saturated carbocycles. The van der Waals surface area contributed by atoms with Crippen molar-refractivity contribution in [3.8, 4) is 11.3 Å². The van der Waals surface area contributed by atoms with Gasteiger partial charge in [0.1, 0.15) is 17.6 Å². The van der Waals surface area contributed by atoms with Crippen LogP contribution in [0.5, 0.6) is 0 Å². The molecule has 7 heteroatoms. The lowest BCUT2D eigenvalue weighted by Crippen LogP contribution is -2.32. The smallest absolute Gasteiger partial charge is 0.320 e. The van der Waals surface area contributed by atoms with Gasteiger partial charge in [0, 0.05) is 24.1 Å². The summed E-state index contributed by atoms with van der Waals surface area (Å²) in [5, 5.41) is 19.5. The lowest BCUT2D eigenvalue weighted by molar-refractivity contribution is -0.384. The first-order valence-corrected chi connectivity index (χ1v) is 6.21. The second-order valence-electron chi connectivity index (χ2n) is 4.67. The summed E-state index contributed by atoms with van der Waals surface area (Å²) in [6.07, 6.45) is 0.0847. The van der Waals surface area contributed by atoms with Crippen molar-refractivity contribution in [3.63, 3.8) is 0 Å². The van der Waals surface area contributed by atoms with Crippen LogP contribution in [0.3, 0.4) is 0 Å². The molecule has 110 valence electrons. The standard InChI is InChI=1S/C14H14N2O5/c1-8-6-9(16(19)20)2-4-11(8)13-5-3-10(21-13)7-12(15)14(17)18/h2-6,12H,7,15H2,1H3,(H,17,18). The first-order valence-electron chi connectivity index (χ1n) is 6.21. The van der Waals surface area contributed by atoms with E-state index in [0.29, 0.717) is 17.1 Å². The van der Waals surface area contributed by atoms with E-state index in [1.54, 1.807) is 25.1 Å². The molecule has 0 bridgehead atoms. The molecule has 7 nitrogen and oxygen atoms in total. The van der Waals surface area contributed by atoms with Crippen molar-refractivity contribution in [2.24, 2.45) is 5.73 Å². The largest absolute Gasteiger partial charge is 0.480 e. The quantitative estimate of drug-likeness (QED) is 0.642. The summed E-state index contributed by atoms with van der Waals surface area (Å²) in [6, 6.07) is 6.78. The van der Waals surface area contributed by atoms with Gasteiger partial charge in [0.05, 0.1) is 4.92 Å². The van der Waals surface area contributed by atoms with E-state index >= 15 is 0 Å². The lowest BCUT2D eigenvalue weighted by atomic mass is 10.1. The number of carboxylic acids is 1. The number of aryl methyl sites for hydroxylation is 1. The number of hydrogen-bond donors (Lipinski definition) is 2. The molecule has 1 heterocycles. The van der Waals surface area contributed by atoms with Crippen molar-refractivity contribution in [3.05, 3.63) is 51.8 Å². The van der Waals surface area contributed by atoms with Crippen LogP contribution in [0.2, 0.25) is 0 Å². The normalized spacial score (nSPS) is 12.1. The van der Waals surface area contributed by atoms with Crippen molar-refractivity contribution in [2.45, 2.75) is 19.4 Å². The SMILES string of the molecule is Cc1cc([N+](=O)[O-])ccc1-c1ccc(CC(N)C(=O)O)o1. The minimum absolute atomic E-state index is 0.0101. The Morgan fingerprint density at radius 2 is 2.14 bits per heavy atom. The molecule has 21 heavy (non-hydrogen) atoms. The molecule has 0 amide bonds. The van der Waals surface area contributed by atoms with Crippen molar-refractivity contribution >= 4 is 11.7 Å². The molecule has 1 aromatic carbocycles. The molecule has 2 rings (SSSR count). The number of nitro groups is 1. The number of furan rings is 1. The van der Waals surface area contributed by atoms with E-state index in [9.17, 15) is 14.9 Å². The highest BCUT2D eigenvalue weighted by Gasteiger charge is 2.16. The lowest BCUT2D eigenvalue weighted by Gasteiger charge is -2.04. The highest BCUT2D eigenvalue weighted by molar-refractivity contribution is 5.73. The molecular weight excluding hydrogens is 276 g/mol. The Morgan fingerprint density at radius 1 is 1.43 bits per heavy atom. The average Bonchev–Trinajstić information content (AvgIpc) is 2.86. The molecule has 1 unspecified atom stereocenters. The summed E-state index contributed by atoms with van der Waals surface area (Å²) in [5.74, 6) is -0.118. The summed E-state index contributed by atoms with van der Waals surface area (Å²) < 4.78 is 5.56. The van der Waals surface area contributed by atoms with Crippen molar-refractivity contribution in [2.75, 3.05) is 0 Å². The Kier molecular flexibility index (Phi) is 4.04. The van der Waals surface area contributed by atoms with Crippen LogP contribution in [0, 0.1) is 17.0 Å². The number of nitrogens with zero attached hydrogens (tertiary/aromatic N) is 1. The molecule has 0 spiro atoms. The summed E-state index contributed by atoms with van der Waals surface area (Å²) in [7, 11) is 0. The monoisotopic (exact) mass is 290 g/mol. The van der Waals surface area contributed by atoms with Crippen LogP contribution in [-0.4, -0.2) is 22.0 Å². The predicted molar refractivity (Wildman–Crippen MR) is 74.9 cm³/mol. The highest BCUT2D eigenvalue weighted by atomic mass is 16.6. The Bertz CT molecular complexity index is 692. The van der Waals surface area contributed by atoms with Crippen LogP contribution in [0.1, 0.15) is 11.3 Å². The summed E-state index contributed by atoms with van der Waals surface area (Å²) >= 11 is 0. The number of nitro benzene ring substituents is 1. The van der Waals surface area contributed by atoms with Gasteiger partial charge in [0.25, 0.3) is 5.69 Å². The zero-order valence-electron chi connectivity index (χ0n) is 11.3. The van der Waals surface area contributed by atoms with Crippen LogP contribution in [0.15, 0.2) is 34.7 Å². The fourth-order valence-corrected chi connectivity index (χ4v) is 1.97. The first kappa shape index (κ1) is 14.7. The Hall–Kier alpha value is -2.67. The Morgan fingerprint density at radius 3 is 2.71 bits per heavy atom. The third-order valence-electron chi connectivity index (χ3n) is 3.09. The molecule has 3 N–H and O–H groups in total. The predicted octanol–water partition coefficient (Wildman–Crippen LogP) is 2.12. The van der Waals surface area contributed by atoms with E-state index in [1.807, 2.05) is 0 Å². The van der Waals surface area contributed by atoms with E-state index in [1.165, 1.54) is 12.1 Å². The van der Waals surface area contributed by atoms with Gasteiger partial charge in [0.15, 0.2) is 0 Å². The third-order valence-corrected chi connectivity index (χ3v) is 3.09. The molecule has 2 aromatic rings. The van der Waals surface area contributed by atoms with Crippen LogP contribution in [-0.2, 0) is 11.2 Å². The molecule has 0 aliphatic rings. The number of carboxylic acid groups (broad SMARTS) is 1. The summed E-state index contributed by atoms with van der Waals surface area (Å²) in [4.78, 5) is 20.9. The van der Waals surface area contributed by atoms with Crippen molar-refractivity contribution in [1.29, 1.82) is 0 Å². The summed E-state index contributed by atoms with van der Waals surface area (Å²) in [6.45, 7) is 1.74. The second-order valence-corrected chi connectivity index (χ2v) is 4.67. The number of benzene rings is 1. The third kappa shape index (κ3) is 3.26. The highest BCUT2D eigenvalue weighted by Crippen LogP contribution is 2.28. The number of rotatable bonds is 5. The molecule has 0 saturated heterocycles. The molecule has 0 aliphatic carbocycles. The summed E-state index contributed by atoms with van der Waals surface area (Å²) in [5.41, 5.74) is 6.87. The zero-order chi connectivity index (χ0) is 15.6. The van der Waals surface area contributed by atoms with Gasteiger partial charge in [-0.1, -0.05) is 0 Å². The van der Waals surface area contributed by atoms with Crippen molar-refractivity contribution < 1.29 is 19.2 Å². The number of nitrogens with two attached hydrogens (primary N) is 1. The van der Waals surface area contributed by atoms with Gasteiger partial charge >= 0.3 is 5.97 Å². The van der Waals surface area contributed by atoms with Crippen LogP contribution in [0.4, 0.5) is 5.69 Å². The molecule has 1 atom stereocenters. The van der Waals surface area contributed by atoms with Gasteiger partial charge in [-0.3, -0.25) is 14.9 Å². The number of non-ortho nitro benzene ring substituents is 1. The molecule has 0 fully saturated rings. The van der Waals surface area contributed by atoms with Gasteiger partial charge in [-0.25, -0.2) is 0 Å². The molecular formula is C14H14N2O5. The van der Waals surface area contributed by atoms with Gasteiger partial charge in [0.2, 0.25) is 0 Å². The van der Waals surface area contributed by atoms with E-state index in [0.717, 1.165) is 5.56 Å². The van der Waals surface area contributed by atoms with Crippen molar-refractivity contribution in [1.82, 2.24) is 0 Å². The first-order chi connectivity index (χ1) is 9.88. The maximum atomic E-state index is 10.7. The maximum absolute atomic E-state index is 10.7. The Balaban J connectivity index is 2.25. The van der Waals surface area contributed by atoms with E-state index in [-0.39, 0.29) is 12.1 Å². The van der Waals surface area contributed by atoms with E-state index in [2.05, 4.69) is 0 Å². The van der Waals surface area contributed by atoms with E-state index < -0.39 is 16.9 Å². The number of hydrogen-bond acceptors (Lipinski definition) is 5. The van der Waals surface area contributed by atoms with Gasteiger partial charge in [-0.05, 0) is 30.7 Å². The number of aliphatic carboxylic acids is 1.